The second kappa shape index (κ2) is 9.90. The number of aliphatic hydroxyl groups is 1. The molecular formula is C25H24N2O3S. The van der Waals surface area contributed by atoms with Crippen molar-refractivity contribution < 1.29 is 14.7 Å². The van der Waals surface area contributed by atoms with Crippen LogP contribution in [0.4, 0.5) is 5.69 Å². The number of nitrogens with zero attached hydrogens (tertiary/aromatic N) is 2. The van der Waals surface area contributed by atoms with Crippen LogP contribution in [0.25, 0.3) is 10.8 Å². The Morgan fingerprint density at radius 2 is 1.68 bits per heavy atom. The predicted octanol–water partition coefficient (Wildman–Crippen LogP) is 4.77. The Bertz CT molecular complexity index is 1090. The van der Waals surface area contributed by atoms with Gasteiger partial charge in [-0.25, -0.2) is 4.99 Å². The minimum Gasteiger partial charge on any atom is -0.393 e. The third-order valence-corrected chi connectivity index (χ3v) is 6.49. The number of likely N-dealkylation sites (tertiary alicyclic amines) is 1. The molecule has 0 radical (unpaired) electrons. The maximum atomic E-state index is 13.3. The summed E-state index contributed by atoms with van der Waals surface area (Å²) in [6.07, 6.45) is 1.68. The molecule has 0 spiro atoms. The number of carbonyl (C=O) groups excluding carboxylic acids is 2. The average molecular weight is 433 g/mol. The second-order valence-electron chi connectivity index (χ2n) is 7.59. The molecule has 4 rings (SSSR count). The lowest BCUT2D eigenvalue weighted by Gasteiger charge is -2.32. The fourth-order valence-electron chi connectivity index (χ4n) is 3.76. The van der Waals surface area contributed by atoms with E-state index in [9.17, 15) is 14.7 Å². The highest BCUT2D eigenvalue weighted by Crippen LogP contribution is 2.32. The third-order valence-electron chi connectivity index (χ3n) is 5.51. The number of hydrogen-bond acceptors (Lipinski definition) is 5. The van der Waals surface area contributed by atoms with E-state index < -0.39 is 5.25 Å². The van der Waals surface area contributed by atoms with E-state index in [0.717, 1.165) is 22.6 Å². The number of aldehydes is 1. The molecule has 3 aromatic carbocycles. The second-order valence-corrected chi connectivity index (χ2v) is 8.55. The van der Waals surface area contributed by atoms with Gasteiger partial charge in [0.25, 0.3) is 0 Å². The summed E-state index contributed by atoms with van der Waals surface area (Å²) in [5, 5.41) is 11.3. The molecule has 0 saturated carbocycles. The van der Waals surface area contributed by atoms with Crippen LogP contribution in [0.2, 0.25) is 0 Å². The predicted molar refractivity (Wildman–Crippen MR) is 126 cm³/mol. The first kappa shape index (κ1) is 21.3. The lowest BCUT2D eigenvalue weighted by molar-refractivity contribution is -0.132. The molecule has 31 heavy (non-hydrogen) atoms. The van der Waals surface area contributed by atoms with Crippen molar-refractivity contribution in [1.82, 2.24) is 4.90 Å². The van der Waals surface area contributed by atoms with Crippen molar-refractivity contribution in [1.29, 1.82) is 0 Å². The van der Waals surface area contributed by atoms with Gasteiger partial charge in [0.1, 0.15) is 5.25 Å². The molecule has 1 aliphatic rings. The number of hydrogen-bond donors (Lipinski definition) is 1. The van der Waals surface area contributed by atoms with E-state index >= 15 is 0 Å². The Morgan fingerprint density at radius 1 is 1.03 bits per heavy atom. The number of piperidine rings is 1. The Labute approximate surface area is 185 Å². The molecule has 1 N–H and O–H groups in total. The van der Waals surface area contributed by atoms with Crippen LogP contribution in [-0.2, 0) is 4.79 Å². The molecule has 1 saturated heterocycles. The van der Waals surface area contributed by atoms with Crippen molar-refractivity contribution in [3.05, 3.63) is 77.9 Å². The minimum absolute atomic E-state index is 0.0173. The van der Waals surface area contributed by atoms with E-state index in [1.807, 2.05) is 71.6 Å². The molecule has 1 fully saturated rings. The topological polar surface area (TPSA) is 70.0 Å². The van der Waals surface area contributed by atoms with Crippen molar-refractivity contribution in [3.8, 4) is 0 Å². The Kier molecular flexibility index (Phi) is 6.79. The SMILES string of the molecule is O=Cc1cc2ccccc2cc1N=CSC(C(=O)N1CCC(O)CC1)c1ccccc1. The maximum Gasteiger partial charge on any atom is 0.240 e. The lowest BCUT2D eigenvalue weighted by atomic mass is 10.1. The van der Waals surface area contributed by atoms with Gasteiger partial charge in [-0.2, -0.15) is 0 Å². The van der Waals surface area contributed by atoms with Crippen molar-refractivity contribution in [2.24, 2.45) is 4.99 Å². The summed E-state index contributed by atoms with van der Waals surface area (Å²) < 4.78 is 0. The Balaban J connectivity index is 1.58. The van der Waals surface area contributed by atoms with Crippen LogP contribution in [0, 0.1) is 0 Å². The van der Waals surface area contributed by atoms with Crippen LogP contribution in [0.3, 0.4) is 0 Å². The van der Waals surface area contributed by atoms with Crippen molar-refractivity contribution in [2.45, 2.75) is 24.2 Å². The number of fused-ring (bicyclic) bond motifs is 1. The summed E-state index contributed by atoms with van der Waals surface area (Å²) in [6.45, 7) is 1.11. The van der Waals surface area contributed by atoms with Gasteiger partial charge in [-0.1, -0.05) is 66.4 Å². The average Bonchev–Trinajstić information content (AvgIpc) is 2.82. The summed E-state index contributed by atoms with van der Waals surface area (Å²) in [5.41, 5.74) is 3.67. The van der Waals surface area contributed by atoms with Gasteiger partial charge in [0.15, 0.2) is 6.29 Å². The van der Waals surface area contributed by atoms with Gasteiger partial charge in [0.2, 0.25) is 5.91 Å². The fraction of sp³-hybridized carbons (Fsp3) is 0.240. The molecule has 0 bridgehead atoms. The summed E-state index contributed by atoms with van der Waals surface area (Å²) in [7, 11) is 0. The van der Waals surface area contributed by atoms with Gasteiger partial charge in [-0.15, -0.1) is 0 Å². The Morgan fingerprint density at radius 3 is 2.35 bits per heavy atom. The van der Waals surface area contributed by atoms with Crippen LogP contribution >= 0.6 is 11.8 Å². The standard InChI is InChI=1S/C25H24N2O3S/c28-16-21-14-19-8-4-5-9-20(19)15-23(21)26-17-31-24(18-6-2-1-3-7-18)25(30)27-12-10-22(29)11-13-27/h1-9,14-17,22,24,29H,10-13H2. The zero-order chi connectivity index (χ0) is 21.6. The molecule has 0 aromatic heterocycles. The first-order valence-corrected chi connectivity index (χ1v) is 11.3. The van der Waals surface area contributed by atoms with Crippen LogP contribution in [0.5, 0.6) is 0 Å². The molecule has 1 aliphatic heterocycles. The number of carbonyl (C=O) groups is 2. The number of aliphatic imine (C=N–C) groups is 1. The van der Waals surface area contributed by atoms with E-state index in [4.69, 9.17) is 0 Å². The molecular weight excluding hydrogens is 408 g/mol. The van der Waals surface area contributed by atoms with Crippen LogP contribution in [0.1, 0.15) is 34.0 Å². The number of aliphatic hydroxyl groups excluding tert-OH is 1. The van der Waals surface area contributed by atoms with Gasteiger partial charge >= 0.3 is 0 Å². The van der Waals surface area contributed by atoms with Gasteiger partial charge < -0.3 is 10.0 Å². The van der Waals surface area contributed by atoms with Crippen LogP contribution in [0.15, 0.2) is 71.7 Å². The summed E-state index contributed by atoms with van der Waals surface area (Å²) in [4.78, 5) is 31.2. The zero-order valence-electron chi connectivity index (χ0n) is 17.1. The van der Waals surface area contributed by atoms with E-state index in [2.05, 4.69) is 4.99 Å². The summed E-state index contributed by atoms with van der Waals surface area (Å²) in [6, 6.07) is 21.2. The van der Waals surface area contributed by atoms with Crippen molar-refractivity contribution in [3.63, 3.8) is 0 Å². The molecule has 1 atom stereocenters. The first-order valence-electron chi connectivity index (χ1n) is 10.3. The number of thioether (sulfide) groups is 1. The van der Waals surface area contributed by atoms with Gasteiger partial charge in [-0.05, 0) is 41.3 Å². The zero-order valence-corrected chi connectivity index (χ0v) is 17.9. The highest BCUT2D eigenvalue weighted by molar-refractivity contribution is 8.12. The lowest BCUT2D eigenvalue weighted by Crippen LogP contribution is -2.41. The largest absolute Gasteiger partial charge is 0.393 e. The number of benzene rings is 3. The Hall–Kier alpha value is -2.96. The number of rotatable bonds is 6. The highest BCUT2D eigenvalue weighted by atomic mass is 32.2. The molecule has 0 aliphatic carbocycles. The maximum absolute atomic E-state index is 13.3. The quantitative estimate of drug-likeness (QED) is 0.346. The van der Waals surface area contributed by atoms with Crippen molar-refractivity contribution in [2.75, 3.05) is 13.1 Å². The normalized spacial score (nSPS) is 16.0. The van der Waals surface area contributed by atoms with E-state index in [0.29, 0.717) is 37.2 Å². The van der Waals surface area contributed by atoms with Crippen molar-refractivity contribution >= 4 is 46.0 Å². The molecule has 1 amide bonds. The van der Waals surface area contributed by atoms with Gasteiger partial charge in [0.05, 0.1) is 17.3 Å². The number of amides is 1. The molecule has 3 aromatic rings. The van der Waals surface area contributed by atoms with Crippen LogP contribution < -0.4 is 0 Å². The van der Waals surface area contributed by atoms with E-state index in [-0.39, 0.29) is 12.0 Å². The minimum atomic E-state index is -0.430. The smallest absolute Gasteiger partial charge is 0.240 e. The van der Waals surface area contributed by atoms with E-state index in [1.54, 1.807) is 5.55 Å². The first-order chi connectivity index (χ1) is 15.2. The fourth-order valence-corrected chi connectivity index (χ4v) is 4.64. The monoisotopic (exact) mass is 432 g/mol. The van der Waals surface area contributed by atoms with Gasteiger partial charge in [-0.3, -0.25) is 9.59 Å². The summed E-state index contributed by atoms with van der Waals surface area (Å²) in [5.74, 6) is 0.0173. The van der Waals surface area contributed by atoms with E-state index in [1.165, 1.54) is 11.8 Å². The van der Waals surface area contributed by atoms with Crippen LogP contribution in [-0.4, -0.2) is 46.9 Å². The molecule has 6 heteroatoms. The highest BCUT2D eigenvalue weighted by Gasteiger charge is 2.28. The van der Waals surface area contributed by atoms with Gasteiger partial charge in [0, 0.05) is 18.7 Å². The third kappa shape index (κ3) is 5.03. The summed E-state index contributed by atoms with van der Waals surface area (Å²) >= 11 is 1.34. The molecule has 1 unspecified atom stereocenters. The molecule has 5 nitrogen and oxygen atoms in total. The molecule has 158 valence electrons. The molecule has 1 heterocycles.